The number of halogens is 3. The third-order valence-corrected chi connectivity index (χ3v) is 2.77. The number of benzene rings is 1. The Balaban J connectivity index is 2.75. The van der Waals surface area contributed by atoms with Gasteiger partial charge in [0.05, 0.1) is 0 Å². The fourth-order valence-electron chi connectivity index (χ4n) is 1.18. The molecule has 0 unspecified atom stereocenters. The molecule has 0 aliphatic heterocycles. The summed E-state index contributed by atoms with van der Waals surface area (Å²) in [5.41, 5.74) is 0.975. The van der Waals surface area contributed by atoms with Gasteiger partial charge in [-0.15, -0.1) is 12.6 Å². The molecule has 15 heavy (non-hydrogen) atoms. The zero-order valence-corrected chi connectivity index (χ0v) is 10.4. The minimum Gasteiger partial charge on any atom is -0.434 e. The highest BCUT2D eigenvalue weighted by molar-refractivity contribution is 9.09. The van der Waals surface area contributed by atoms with Crippen molar-refractivity contribution in [2.24, 2.45) is 0 Å². The van der Waals surface area contributed by atoms with E-state index >= 15 is 0 Å². The molecule has 1 aromatic rings. The summed E-state index contributed by atoms with van der Waals surface area (Å²) in [6.07, 6.45) is 1.79. The van der Waals surface area contributed by atoms with Gasteiger partial charge in [-0.05, 0) is 30.5 Å². The van der Waals surface area contributed by atoms with Crippen LogP contribution in [0.1, 0.15) is 12.0 Å². The molecule has 0 radical (unpaired) electrons. The van der Waals surface area contributed by atoms with Gasteiger partial charge in [0.25, 0.3) is 0 Å². The van der Waals surface area contributed by atoms with Gasteiger partial charge in [0, 0.05) is 10.2 Å². The van der Waals surface area contributed by atoms with Gasteiger partial charge in [-0.25, -0.2) is 0 Å². The highest BCUT2D eigenvalue weighted by atomic mass is 79.9. The normalized spacial score (nSPS) is 10.7. The molecule has 84 valence electrons. The van der Waals surface area contributed by atoms with Crippen molar-refractivity contribution < 1.29 is 13.5 Å². The Morgan fingerprint density at radius 1 is 1.40 bits per heavy atom. The molecule has 0 saturated heterocycles. The number of rotatable bonds is 5. The van der Waals surface area contributed by atoms with Gasteiger partial charge in [-0.3, -0.25) is 0 Å². The number of aryl methyl sites for hydroxylation is 1. The summed E-state index contributed by atoms with van der Waals surface area (Å²) in [5.74, 6) is 0.139. The van der Waals surface area contributed by atoms with E-state index in [1.165, 1.54) is 0 Å². The maximum Gasteiger partial charge on any atom is 0.387 e. The van der Waals surface area contributed by atoms with Crippen LogP contribution in [0.3, 0.4) is 0 Å². The van der Waals surface area contributed by atoms with Gasteiger partial charge >= 0.3 is 6.61 Å². The second kappa shape index (κ2) is 6.33. The Bertz CT molecular complexity index is 320. The van der Waals surface area contributed by atoms with Crippen LogP contribution in [0, 0.1) is 0 Å². The monoisotopic (exact) mass is 296 g/mol. The molecule has 0 atom stereocenters. The summed E-state index contributed by atoms with van der Waals surface area (Å²) in [7, 11) is 0. The standard InChI is InChI=1S/C10H11BrF2OS/c11-5-1-2-7-3-4-9(15)8(6-7)14-10(12)13/h3-4,6,10,15H,1-2,5H2. The van der Waals surface area contributed by atoms with E-state index in [4.69, 9.17) is 0 Å². The third-order valence-electron chi connectivity index (χ3n) is 1.84. The minimum atomic E-state index is -2.80. The minimum absolute atomic E-state index is 0.139. The second-order valence-electron chi connectivity index (χ2n) is 2.97. The number of thiol groups is 1. The van der Waals surface area contributed by atoms with Crippen molar-refractivity contribution in [1.82, 2.24) is 0 Å². The number of alkyl halides is 3. The summed E-state index contributed by atoms with van der Waals surface area (Å²) < 4.78 is 28.4. The van der Waals surface area contributed by atoms with Crippen LogP contribution in [0.4, 0.5) is 8.78 Å². The Morgan fingerprint density at radius 3 is 2.73 bits per heavy atom. The van der Waals surface area contributed by atoms with Crippen LogP contribution in [0.15, 0.2) is 23.1 Å². The summed E-state index contributed by atoms with van der Waals surface area (Å²) in [4.78, 5) is 0.429. The van der Waals surface area contributed by atoms with Crippen LogP contribution in [-0.4, -0.2) is 11.9 Å². The first-order valence-corrected chi connectivity index (χ1v) is 6.03. The van der Waals surface area contributed by atoms with Gasteiger partial charge in [-0.2, -0.15) is 8.78 Å². The van der Waals surface area contributed by atoms with Crippen molar-refractivity contribution >= 4 is 28.6 Å². The van der Waals surface area contributed by atoms with Crippen molar-refractivity contribution in [1.29, 1.82) is 0 Å². The lowest BCUT2D eigenvalue weighted by Gasteiger charge is -2.09. The molecule has 0 aliphatic rings. The molecule has 0 spiro atoms. The zero-order chi connectivity index (χ0) is 11.3. The summed E-state index contributed by atoms with van der Waals surface area (Å²) in [6, 6.07) is 5.14. The molecule has 0 bridgehead atoms. The smallest absolute Gasteiger partial charge is 0.387 e. The molecule has 0 heterocycles. The van der Waals surface area contributed by atoms with E-state index in [2.05, 4.69) is 33.3 Å². The number of ether oxygens (including phenoxy) is 1. The zero-order valence-electron chi connectivity index (χ0n) is 7.92. The maximum absolute atomic E-state index is 12.0. The van der Waals surface area contributed by atoms with E-state index in [0.29, 0.717) is 4.90 Å². The molecular weight excluding hydrogens is 286 g/mol. The van der Waals surface area contributed by atoms with E-state index in [1.54, 1.807) is 12.1 Å². The molecular formula is C10H11BrF2OS. The van der Waals surface area contributed by atoms with Crippen LogP contribution in [0.2, 0.25) is 0 Å². The molecule has 0 amide bonds. The lowest BCUT2D eigenvalue weighted by atomic mass is 10.1. The number of hydrogen-bond acceptors (Lipinski definition) is 2. The lowest BCUT2D eigenvalue weighted by Crippen LogP contribution is -2.03. The topological polar surface area (TPSA) is 9.23 Å². The first kappa shape index (κ1) is 12.8. The molecule has 1 aromatic carbocycles. The summed E-state index contributed by atoms with van der Waals surface area (Å²) in [5, 5.41) is 0.890. The molecule has 5 heteroatoms. The van der Waals surface area contributed by atoms with E-state index in [-0.39, 0.29) is 5.75 Å². The number of hydrogen-bond donors (Lipinski definition) is 1. The van der Waals surface area contributed by atoms with E-state index in [9.17, 15) is 8.78 Å². The Kier molecular flexibility index (Phi) is 5.39. The van der Waals surface area contributed by atoms with Crippen LogP contribution in [-0.2, 0) is 6.42 Å². The predicted octanol–water partition coefficient (Wildman–Crippen LogP) is 3.90. The van der Waals surface area contributed by atoms with Crippen molar-refractivity contribution in [3.8, 4) is 5.75 Å². The summed E-state index contributed by atoms with van der Waals surface area (Å²) in [6.45, 7) is -2.80. The molecule has 0 aliphatic carbocycles. The van der Waals surface area contributed by atoms with Crippen molar-refractivity contribution in [3.05, 3.63) is 23.8 Å². The first-order chi connectivity index (χ1) is 7.13. The highest BCUT2D eigenvalue weighted by Crippen LogP contribution is 2.26. The highest BCUT2D eigenvalue weighted by Gasteiger charge is 2.08. The Labute approximate surface area is 101 Å². The summed E-state index contributed by atoms with van der Waals surface area (Å²) >= 11 is 7.36. The molecule has 0 N–H and O–H groups in total. The first-order valence-electron chi connectivity index (χ1n) is 4.46. The Hall–Kier alpha value is -0.290. The molecule has 1 rings (SSSR count). The van der Waals surface area contributed by atoms with Gasteiger partial charge < -0.3 is 4.74 Å². The van der Waals surface area contributed by atoms with Crippen molar-refractivity contribution in [2.45, 2.75) is 24.3 Å². The SMILES string of the molecule is FC(F)Oc1cc(CCCBr)ccc1S. The predicted molar refractivity (Wildman–Crippen MR) is 62.4 cm³/mol. The fraction of sp³-hybridized carbons (Fsp3) is 0.400. The van der Waals surface area contributed by atoms with Gasteiger partial charge in [0.15, 0.2) is 0 Å². The average molecular weight is 297 g/mol. The average Bonchev–Trinajstić information content (AvgIpc) is 2.18. The van der Waals surface area contributed by atoms with Gasteiger partial charge in [0.2, 0.25) is 0 Å². The third kappa shape index (κ3) is 4.38. The quantitative estimate of drug-likeness (QED) is 0.640. The lowest BCUT2D eigenvalue weighted by molar-refractivity contribution is -0.0516. The molecule has 0 aromatic heterocycles. The van der Waals surface area contributed by atoms with Gasteiger partial charge in [0.1, 0.15) is 5.75 Å². The van der Waals surface area contributed by atoms with E-state index in [1.807, 2.05) is 6.07 Å². The maximum atomic E-state index is 12.0. The molecule has 1 nitrogen and oxygen atoms in total. The van der Waals surface area contributed by atoms with Gasteiger partial charge in [-0.1, -0.05) is 22.0 Å². The van der Waals surface area contributed by atoms with E-state index in [0.717, 1.165) is 23.7 Å². The largest absolute Gasteiger partial charge is 0.434 e. The van der Waals surface area contributed by atoms with Crippen molar-refractivity contribution in [2.75, 3.05) is 5.33 Å². The van der Waals surface area contributed by atoms with Crippen molar-refractivity contribution in [3.63, 3.8) is 0 Å². The molecule has 0 saturated carbocycles. The Morgan fingerprint density at radius 2 is 2.13 bits per heavy atom. The fourth-order valence-corrected chi connectivity index (χ4v) is 1.65. The van der Waals surface area contributed by atoms with Crippen LogP contribution in [0.25, 0.3) is 0 Å². The second-order valence-corrected chi connectivity index (χ2v) is 4.25. The van der Waals surface area contributed by atoms with Crippen LogP contribution >= 0.6 is 28.6 Å². The van der Waals surface area contributed by atoms with E-state index < -0.39 is 6.61 Å². The molecule has 0 fully saturated rings. The van der Waals surface area contributed by atoms with Crippen LogP contribution < -0.4 is 4.74 Å². The van der Waals surface area contributed by atoms with Crippen LogP contribution in [0.5, 0.6) is 5.75 Å².